The van der Waals surface area contributed by atoms with Crippen LogP contribution in [-0.2, 0) is 22.6 Å². The number of carboxylic acid groups (broad SMARTS) is 1. The highest BCUT2D eigenvalue weighted by molar-refractivity contribution is 7.10. The van der Waals surface area contributed by atoms with E-state index in [-0.39, 0.29) is 18.5 Å². The number of likely N-dealkylation sites (N-methyl/N-ethyl adjacent to an activating group) is 1. The van der Waals surface area contributed by atoms with Crippen molar-refractivity contribution >= 4 is 23.2 Å². The second-order valence-corrected chi connectivity index (χ2v) is 8.28. The van der Waals surface area contributed by atoms with Crippen molar-refractivity contribution < 1.29 is 14.7 Å². The lowest BCUT2D eigenvalue weighted by atomic mass is 10.0. The summed E-state index contributed by atoms with van der Waals surface area (Å²) in [5.41, 5.74) is 1.30. The molecule has 3 heterocycles. The number of hydrogen-bond acceptors (Lipinski definition) is 5. The summed E-state index contributed by atoms with van der Waals surface area (Å²) in [7, 11) is 0. The average molecular weight is 380 g/mol. The number of rotatable bonds is 6. The van der Waals surface area contributed by atoms with Gasteiger partial charge >= 0.3 is 5.97 Å². The van der Waals surface area contributed by atoms with E-state index >= 15 is 0 Å². The normalized spacial score (nSPS) is 20.2. The highest BCUT2D eigenvalue weighted by atomic mass is 32.1. The molecule has 1 aromatic rings. The Morgan fingerprint density at radius 3 is 2.73 bits per heavy atom. The lowest BCUT2D eigenvalue weighted by molar-refractivity contribution is -0.139. The number of hydrogen-bond donors (Lipinski definition) is 1. The maximum absolute atomic E-state index is 12.9. The molecule has 0 aliphatic carbocycles. The first-order valence-corrected chi connectivity index (χ1v) is 10.4. The first-order valence-electron chi connectivity index (χ1n) is 9.53. The van der Waals surface area contributed by atoms with Crippen LogP contribution in [0.5, 0.6) is 0 Å². The average Bonchev–Trinajstić information content (AvgIpc) is 3.12. The monoisotopic (exact) mass is 379 g/mol. The van der Waals surface area contributed by atoms with Gasteiger partial charge in [-0.1, -0.05) is 6.92 Å². The minimum absolute atomic E-state index is 0.104. The van der Waals surface area contributed by atoms with Gasteiger partial charge in [0.05, 0.1) is 12.6 Å². The third-order valence-corrected chi connectivity index (χ3v) is 6.81. The van der Waals surface area contributed by atoms with E-state index in [9.17, 15) is 9.59 Å². The number of thiophene rings is 1. The number of carboxylic acids is 1. The summed E-state index contributed by atoms with van der Waals surface area (Å²) in [5.74, 6) is -0.547. The van der Waals surface area contributed by atoms with Crippen molar-refractivity contribution in [3.8, 4) is 0 Å². The molecule has 1 unspecified atom stereocenters. The van der Waals surface area contributed by atoms with Gasteiger partial charge in [0.2, 0.25) is 5.91 Å². The molecule has 1 atom stereocenters. The fraction of sp³-hybridized carbons (Fsp3) is 0.684. The zero-order chi connectivity index (χ0) is 18.7. The molecule has 1 saturated heterocycles. The first kappa shape index (κ1) is 19.3. The molecular weight excluding hydrogens is 350 g/mol. The Hall–Kier alpha value is -1.44. The van der Waals surface area contributed by atoms with E-state index in [2.05, 4.69) is 16.3 Å². The van der Waals surface area contributed by atoms with Crippen molar-refractivity contribution in [3.05, 3.63) is 21.9 Å². The van der Waals surface area contributed by atoms with E-state index < -0.39 is 5.97 Å². The van der Waals surface area contributed by atoms with Crippen LogP contribution in [-0.4, -0.2) is 76.5 Å². The first-order chi connectivity index (χ1) is 12.5. The fourth-order valence-electron chi connectivity index (χ4n) is 4.17. The van der Waals surface area contributed by atoms with Crippen molar-refractivity contribution in [2.24, 2.45) is 0 Å². The van der Waals surface area contributed by atoms with Crippen molar-refractivity contribution in [1.29, 1.82) is 0 Å². The molecule has 1 fully saturated rings. The zero-order valence-corrected chi connectivity index (χ0v) is 16.5. The predicted octanol–water partition coefficient (Wildman–Crippen LogP) is 1.89. The zero-order valence-electron chi connectivity index (χ0n) is 15.7. The summed E-state index contributed by atoms with van der Waals surface area (Å²) in [4.78, 5) is 31.7. The van der Waals surface area contributed by atoms with Gasteiger partial charge in [-0.05, 0) is 49.7 Å². The van der Waals surface area contributed by atoms with Crippen LogP contribution in [0.2, 0.25) is 0 Å². The molecule has 2 aliphatic rings. The second kappa shape index (κ2) is 8.50. The Labute approximate surface area is 159 Å². The molecule has 1 aromatic heterocycles. The topological polar surface area (TPSA) is 64.1 Å². The SMILES string of the molecule is CCN(CC(=O)O)C1CCN(C(C)C(=O)N2CCc3sccc3C2)CC1. The van der Waals surface area contributed by atoms with Crippen LogP contribution in [0.4, 0.5) is 0 Å². The lowest BCUT2D eigenvalue weighted by Gasteiger charge is -2.41. The van der Waals surface area contributed by atoms with Crippen LogP contribution in [0.25, 0.3) is 0 Å². The van der Waals surface area contributed by atoms with E-state index in [4.69, 9.17) is 5.11 Å². The van der Waals surface area contributed by atoms with Gasteiger partial charge in [-0.15, -0.1) is 11.3 Å². The molecule has 1 amide bonds. The smallest absolute Gasteiger partial charge is 0.317 e. The molecule has 2 aliphatic heterocycles. The molecule has 144 valence electrons. The van der Waals surface area contributed by atoms with Crippen LogP contribution in [0.3, 0.4) is 0 Å². The number of carbonyl (C=O) groups excluding carboxylic acids is 1. The van der Waals surface area contributed by atoms with Gasteiger partial charge in [-0.2, -0.15) is 0 Å². The van der Waals surface area contributed by atoms with Crippen LogP contribution < -0.4 is 0 Å². The van der Waals surface area contributed by atoms with Crippen LogP contribution in [0, 0.1) is 0 Å². The van der Waals surface area contributed by atoms with Gasteiger partial charge in [-0.3, -0.25) is 19.4 Å². The van der Waals surface area contributed by atoms with Crippen molar-refractivity contribution in [2.45, 2.75) is 51.7 Å². The van der Waals surface area contributed by atoms with Gasteiger partial charge in [0.1, 0.15) is 0 Å². The summed E-state index contributed by atoms with van der Waals surface area (Å²) in [5, 5.41) is 11.2. The quantitative estimate of drug-likeness (QED) is 0.818. The summed E-state index contributed by atoms with van der Waals surface area (Å²) in [6.07, 6.45) is 2.81. The third-order valence-electron chi connectivity index (χ3n) is 5.78. The van der Waals surface area contributed by atoms with Crippen LogP contribution in [0.15, 0.2) is 11.4 Å². The fourth-order valence-corrected chi connectivity index (χ4v) is 5.06. The molecule has 26 heavy (non-hydrogen) atoms. The van der Waals surface area contributed by atoms with E-state index in [0.717, 1.165) is 52.0 Å². The molecule has 6 nitrogen and oxygen atoms in total. The summed E-state index contributed by atoms with van der Waals surface area (Å²) in [6, 6.07) is 2.33. The van der Waals surface area contributed by atoms with Crippen molar-refractivity contribution in [2.75, 3.05) is 32.7 Å². The lowest BCUT2D eigenvalue weighted by Crippen LogP contribution is -2.53. The largest absolute Gasteiger partial charge is 0.480 e. The van der Waals surface area contributed by atoms with Gasteiger partial charge < -0.3 is 10.0 Å². The predicted molar refractivity (Wildman–Crippen MR) is 102 cm³/mol. The summed E-state index contributed by atoms with van der Waals surface area (Å²) >= 11 is 1.79. The van der Waals surface area contributed by atoms with Gasteiger partial charge in [0.15, 0.2) is 0 Å². The third kappa shape index (κ3) is 4.27. The molecule has 3 rings (SSSR count). The Balaban J connectivity index is 1.52. The van der Waals surface area contributed by atoms with E-state index in [1.807, 2.05) is 23.6 Å². The van der Waals surface area contributed by atoms with Gasteiger partial charge in [0.25, 0.3) is 0 Å². The highest BCUT2D eigenvalue weighted by Crippen LogP contribution is 2.25. The second-order valence-electron chi connectivity index (χ2n) is 7.28. The minimum Gasteiger partial charge on any atom is -0.480 e. The Morgan fingerprint density at radius 1 is 1.35 bits per heavy atom. The number of amides is 1. The van der Waals surface area contributed by atoms with Crippen molar-refractivity contribution in [1.82, 2.24) is 14.7 Å². The Morgan fingerprint density at radius 2 is 2.08 bits per heavy atom. The van der Waals surface area contributed by atoms with Gasteiger partial charge in [-0.25, -0.2) is 0 Å². The summed E-state index contributed by atoms with van der Waals surface area (Å²) < 4.78 is 0. The Bertz CT molecular complexity index is 640. The Kier molecular flexibility index (Phi) is 6.32. The number of piperidine rings is 1. The number of aliphatic carboxylic acids is 1. The molecule has 7 heteroatoms. The minimum atomic E-state index is -0.768. The van der Waals surface area contributed by atoms with Crippen molar-refractivity contribution in [3.63, 3.8) is 0 Å². The van der Waals surface area contributed by atoms with Crippen LogP contribution >= 0.6 is 11.3 Å². The molecule has 0 bridgehead atoms. The molecule has 0 spiro atoms. The number of nitrogens with zero attached hydrogens (tertiary/aromatic N) is 3. The molecular formula is C19H29N3O3S. The van der Waals surface area contributed by atoms with Crippen LogP contribution in [0.1, 0.15) is 37.1 Å². The molecule has 1 N–H and O–H groups in total. The number of fused-ring (bicyclic) bond motifs is 1. The van der Waals surface area contributed by atoms with E-state index in [1.54, 1.807) is 11.3 Å². The standard InChI is InChI=1S/C19H29N3O3S/c1-3-20(13-18(23)24)16-4-8-21(9-5-16)14(2)19(25)22-10-6-17-15(12-22)7-11-26-17/h7,11,14,16H,3-6,8-10,12-13H2,1-2H3,(H,23,24). The number of carbonyl (C=O) groups is 2. The van der Waals surface area contributed by atoms with E-state index in [0.29, 0.717) is 6.04 Å². The number of likely N-dealkylation sites (tertiary alicyclic amines) is 1. The molecule has 0 saturated carbocycles. The van der Waals surface area contributed by atoms with Gasteiger partial charge in [0, 0.05) is 37.1 Å². The highest BCUT2D eigenvalue weighted by Gasteiger charge is 2.32. The maximum Gasteiger partial charge on any atom is 0.317 e. The molecule has 0 radical (unpaired) electrons. The maximum atomic E-state index is 12.9. The van der Waals surface area contributed by atoms with E-state index in [1.165, 1.54) is 10.4 Å². The molecule has 0 aromatic carbocycles. The summed E-state index contributed by atoms with van der Waals surface area (Å²) in [6.45, 7) is 8.14.